The summed E-state index contributed by atoms with van der Waals surface area (Å²) >= 11 is 0. The highest BCUT2D eigenvalue weighted by Gasteiger charge is 2.06. The monoisotopic (exact) mass is 338 g/mol. The lowest BCUT2D eigenvalue weighted by Gasteiger charge is -2.12. The van der Waals surface area contributed by atoms with Crippen molar-refractivity contribution in [3.8, 4) is 11.5 Å². The Morgan fingerprint density at radius 2 is 1.92 bits per heavy atom. The smallest absolute Gasteiger partial charge is 0.314 e. The number of methoxy groups -OCH3 is 1. The second-order valence-corrected chi connectivity index (χ2v) is 5.62. The van der Waals surface area contributed by atoms with E-state index in [2.05, 4.69) is 10.6 Å². The first-order valence-electron chi connectivity index (χ1n) is 8.49. The number of urea groups is 1. The summed E-state index contributed by atoms with van der Waals surface area (Å²) in [6, 6.07) is 5.66. The Bertz CT molecular complexity index is 492. The zero-order chi connectivity index (χ0) is 17.8. The molecule has 0 heterocycles. The normalized spacial score (nSPS) is 10.5. The quantitative estimate of drug-likeness (QED) is 0.609. The van der Waals surface area contributed by atoms with E-state index in [0.29, 0.717) is 32.1 Å². The molecule has 2 N–H and O–H groups in total. The molecule has 6 heteroatoms. The molecule has 136 valence electrons. The van der Waals surface area contributed by atoms with Crippen molar-refractivity contribution in [1.29, 1.82) is 0 Å². The topological polar surface area (TPSA) is 68.8 Å². The van der Waals surface area contributed by atoms with Crippen molar-refractivity contribution in [3.05, 3.63) is 23.8 Å². The predicted octanol–water partition coefficient (Wildman–Crippen LogP) is 2.75. The van der Waals surface area contributed by atoms with Crippen molar-refractivity contribution in [3.63, 3.8) is 0 Å². The third kappa shape index (κ3) is 8.06. The van der Waals surface area contributed by atoms with Gasteiger partial charge in [-0.05, 0) is 51.3 Å². The molecule has 0 aliphatic carbocycles. The number of hydrogen-bond donors (Lipinski definition) is 2. The van der Waals surface area contributed by atoms with Gasteiger partial charge in [0.2, 0.25) is 0 Å². The minimum atomic E-state index is -0.155. The SMILES string of the molecule is CCOc1ccc(CCNC(=O)NCCCOC(C)C)cc1OC. The van der Waals surface area contributed by atoms with Crippen molar-refractivity contribution in [2.75, 3.05) is 33.4 Å². The van der Waals surface area contributed by atoms with Gasteiger partial charge in [-0.25, -0.2) is 4.79 Å². The summed E-state index contributed by atoms with van der Waals surface area (Å²) in [5.74, 6) is 1.45. The van der Waals surface area contributed by atoms with E-state index < -0.39 is 0 Å². The fourth-order valence-corrected chi connectivity index (χ4v) is 2.12. The van der Waals surface area contributed by atoms with E-state index in [0.717, 1.165) is 24.2 Å². The largest absolute Gasteiger partial charge is 0.493 e. The molecule has 0 unspecified atom stereocenters. The molecule has 24 heavy (non-hydrogen) atoms. The summed E-state index contributed by atoms with van der Waals surface area (Å²) in [5.41, 5.74) is 1.08. The van der Waals surface area contributed by atoms with E-state index in [1.807, 2.05) is 39.0 Å². The third-order valence-electron chi connectivity index (χ3n) is 3.28. The lowest BCUT2D eigenvalue weighted by molar-refractivity contribution is 0.0774. The highest BCUT2D eigenvalue weighted by atomic mass is 16.5. The van der Waals surface area contributed by atoms with Gasteiger partial charge in [0.1, 0.15) is 0 Å². The third-order valence-corrected chi connectivity index (χ3v) is 3.28. The van der Waals surface area contributed by atoms with Crippen LogP contribution in [0.1, 0.15) is 32.8 Å². The van der Waals surface area contributed by atoms with Crippen LogP contribution in [0.2, 0.25) is 0 Å². The predicted molar refractivity (Wildman–Crippen MR) is 95.0 cm³/mol. The summed E-state index contributed by atoms with van der Waals surface area (Å²) in [6.45, 7) is 8.35. The van der Waals surface area contributed by atoms with E-state index >= 15 is 0 Å². The van der Waals surface area contributed by atoms with Crippen molar-refractivity contribution in [2.24, 2.45) is 0 Å². The molecule has 0 spiro atoms. The lowest BCUT2D eigenvalue weighted by atomic mass is 10.1. The minimum absolute atomic E-state index is 0.155. The molecule has 0 saturated carbocycles. The van der Waals surface area contributed by atoms with Gasteiger partial charge in [0.25, 0.3) is 0 Å². The molecule has 0 radical (unpaired) electrons. The van der Waals surface area contributed by atoms with Crippen LogP contribution < -0.4 is 20.1 Å². The Kier molecular flexibility index (Phi) is 9.68. The van der Waals surface area contributed by atoms with Crippen LogP contribution in [0.25, 0.3) is 0 Å². The minimum Gasteiger partial charge on any atom is -0.493 e. The van der Waals surface area contributed by atoms with E-state index in [1.165, 1.54) is 0 Å². The zero-order valence-corrected chi connectivity index (χ0v) is 15.2. The number of benzene rings is 1. The first kappa shape index (κ1) is 20.1. The Labute approximate surface area is 144 Å². The standard InChI is InChI=1S/C18H30N2O4/c1-5-23-16-8-7-15(13-17(16)22-4)9-11-20-18(21)19-10-6-12-24-14(2)3/h7-8,13-14H,5-6,9-12H2,1-4H3,(H2,19,20,21). The van der Waals surface area contributed by atoms with Gasteiger partial charge < -0.3 is 24.8 Å². The van der Waals surface area contributed by atoms with Gasteiger partial charge in [0, 0.05) is 19.7 Å². The van der Waals surface area contributed by atoms with Crippen LogP contribution in [0.4, 0.5) is 4.79 Å². The fourth-order valence-electron chi connectivity index (χ4n) is 2.12. The van der Waals surface area contributed by atoms with E-state index in [1.54, 1.807) is 7.11 Å². The maximum Gasteiger partial charge on any atom is 0.314 e. The molecular weight excluding hydrogens is 308 g/mol. The van der Waals surface area contributed by atoms with Gasteiger partial charge in [-0.3, -0.25) is 0 Å². The molecule has 0 aliphatic heterocycles. The Morgan fingerprint density at radius 1 is 1.17 bits per heavy atom. The Hall–Kier alpha value is -1.95. The lowest BCUT2D eigenvalue weighted by Crippen LogP contribution is -2.37. The van der Waals surface area contributed by atoms with Crippen molar-refractivity contribution in [1.82, 2.24) is 10.6 Å². The molecule has 1 aromatic rings. The van der Waals surface area contributed by atoms with Crippen LogP contribution in [0.15, 0.2) is 18.2 Å². The summed E-state index contributed by atoms with van der Waals surface area (Å²) in [4.78, 5) is 11.7. The summed E-state index contributed by atoms with van der Waals surface area (Å²) in [5, 5.41) is 5.66. The van der Waals surface area contributed by atoms with Crippen molar-refractivity contribution >= 4 is 6.03 Å². The fraction of sp³-hybridized carbons (Fsp3) is 0.611. The molecular formula is C18H30N2O4. The number of hydrogen-bond acceptors (Lipinski definition) is 4. The molecule has 0 atom stereocenters. The van der Waals surface area contributed by atoms with E-state index in [9.17, 15) is 4.79 Å². The zero-order valence-electron chi connectivity index (χ0n) is 15.2. The number of amides is 2. The van der Waals surface area contributed by atoms with Gasteiger partial charge in [-0.2, -0.15) is 0 Å². The summed E-state index contributed by atoms with van der Waals surface area (Å²) in [7, 11) is 1.62. The van der Waals surface area contributed by atoms with Crippen LogP contribution in [-0.4, -0.2) is 45.5 Å². The second kappa shape index (κ2) is 11.6. The summed E-state index contributed by atoms with van der Waals surface area (Å²) in [6.07, 6.45) is 1.76. The Morgan fingerprint density at radius 3 is 2.58 bits per heavy atom. The van der Waals surface area contributed by atoms with Crippen LogP contribution in [0, 0.1) is 0 Å². The van der Waals surface area contributed by atoms with E-state index in [-0.39, 0.29) is 12.1 Å². The number of rotatable bonds is 11. The van der Waals surface area contributed by atoms with Crippen LogP contribution >= 0.6 is 0 Å². The second-order valence-electron chi connectivity index (χ2n) is 5.62. The van der Waals surface area contributed by atoms with Crippen molar-refractivity contribution < 1.29 is 19.0 Å². The van der Waals surface area contributed by atoms with Gasteiger partial charge >= 0.3 is 6.03 Å². The van der Waals surface area contributed by atoms with Gasteiger partial charge in [-0.15, -0.1) is 0 Å². The number of nitrogens with one attached hydrogen (secondary N) is 2. The molecule has 0 saturated heterocycles. The Balaban J connectivity index is 2.25. The molecule has 0 aliphatic rings. The highest BCUT2D eigenvalue weighted by Crippen LogP contribution is 2.28. The average Bonchev–Trinajstić information content (AvgIpc) is 2.55. The van der Waals surface area contributed by atoms with Crippen molar-refractivity contribution in [2.45, 2.75) is 39.7 Å². The molecule has 0 fully saturated rings. The maximum absolute atomic E-state index is 11.7. The van der Waals surface area contributed by atoms with Crippen LogP contribution in [0.3, 0.4) is 0 Å². The maximum atomic E-state index is 11.7. The van der Waals surface area contributed by atoms with Crippen LogP contribution in [-0.2, 0) is 11.2 Å². The highest BCUT2D eigenvalue weighted by molar-refractivity contribution is 5.73. The molecule has 6 nitrogen and oxygen atoms in total. The van der Waals surface area contributed by atoms with Gasteiger partial charge in [0.05, 0.1) is 19.8 Å². The number of ether oxygens (including phenoxy) is 3. The van der Waals surface area contributed by atoms with Gasteiger partial charge in [0.15, 0.2) is 11.5 Å². The first-order valence-corrected chi connectivity index (χ1v) is 8.49. The molecule has 1 rings (SSSR count). The molecule has 2 amide bonds. The average molecular weight is 338 g/mol. The van der Waals surface area contributed by atoms with E-state index in [4.69, 9.17) is 14.2 Å². The number of carbonyl (C=O) groups is 1. The summed E-state index contributed by atoms with van der Waals surface area (Å²) < 4.78 is 16.2. The number of carbonyl (C=O) groups excluding carboxylic acids is 1. The molecule has 0 bridgehead atoms. The first-order chi connectivity index (χ1) is 11.6. The van der Waals surface area contributed by atoms with Gasteiger partial charge in [-0.1, -0.05) is 6.07 Å². The van der Waals surface area contributed by atoms with Crippen LogP contribution in [0.5, 0.6) is 11.5 Å². The molecule has 0 aromatic heterocycles. The molecule has 1 aromatic carbocycles.